The van der Waals surface area contributed by atoms with Crippen molar-refractivity contribution >= 4 is 11.6 Å². The van der Waals surface area contributed by atoms with Crippen LogP contribution in [0.2, 0.25) is 0 Å². The minimum absolute atomic E-state index is 0.000779. The number of hydrogen-bond acceptors (Lipinski definition) is 3. The van der Waals surface area contributed by atoms with Gasteiger partial charge in [-0.2, -0.15) is 5.10 Å². The fraction of sp³-hybridized carbons (Fsp3) is 0.533. The molecule has 1 fully saturated rings. The van der Waals surface area contributed by atoms with E-state index in [0.29, 0.717) is 11.8 Å². The molecule has 1 aliphatic rings. The number of amides is 1. The number of nitrogens with one attached hydrogen (secondary N) is 1. The summed E-state index contributed by atoms with van der Waals surface area (Å²) in [5.41, 5.74) is 3.45. The predicted molar refractivity (Wildman–Crippen MR) is 78.5 cm³/mol. The maximum Gasteiger partial charge on any atom is 0.260 e. The fourth-order valence-corrected chi connectivity index (χ4v) is 2.64. The first-order valence-electron chi connectivity index (χ1n) is 7.09. The number of hydrogen-bond donors (Lipinski definition) is 1. The molecule has 1 heterocycles. The van der Waals surface area contributed by atoms with Crippen molar-refractivity contribution in [2.24, 2.45) is 16.9 Å². The molecule has 0 unspecified atom stereocenters. The molecule has 0 saturated heterocycles. The molecule has 0 spiro atoms. The summed E-state index contributed by atoms with van der Waals surface area (Å²) in [6.07, 6.45) is 5.06. The lowest BCUT2D eigenvalue weighted by Crippen LogP contribution is -2.32. The van der Waals surface area contributed by atoms with Crippen molar-refractivity contribution in [3.63, 3.8) is 0 Å². The lowest BCUT2D eigenvalue weighted by atomic mass is 9.81. The molecule has 5 nitrogen and oxygen atoms in total. The topological polar surface area (TPSA) is 63.5 Å². The Morgan fingerprint density at radius 2 is 2.05 bits per heavy atom. The molecule has 1 saturated carbocycles. The van der Waals surface area contributed by atoms with Gasteiger partial charge in [-0.25, -0.2) is 5.43 Å². The second-order valence-corrected chi connectivity index (χ2v) is 5.47. The number of carbonyl (C=O) groups excluding carboxylic acids is 1. The van der Waals surface area contributed by atoms with Gasteiger partial charge in [0.1, 0.15) is 6.54 Å². The molecular weight excluding hydrogens is 254 g/mol. The van der Waals surface area contributed by atoms with Crippen LogP contribution in [0.15, 0.2) is 34.3 Å². The van der Waals surface area contributed by atoms with Crippen LogP contribution in [-0.4, -0.2) is 16.2 Å². The molecule has 108 valence electrons. The summed E-state index contributed by atoms with van der Waals surface area (Å²) in [7, 11) is 0. The van der Waals surface area contributed by atoms with E-state index in [2.05, 4.69) is 24.4 Å². The van der Waals surface area contributed by atoms with Crippen molar-refractivity contribution in [2.75, 3.05) is 0 Å². The Morgan fingerprint density at radius 1 is 1.35 bits per heavy atom. The maximum atomic E-state index is 11.8. The molecule has 0 aliphatic heterocycles. The first-order chi connectivity index (χ1) is 9.58. The molecule has 1 amide bonds. The number of pyridine rings is 1. The molecule has 1 N–H and O–H groups in total. The highest BCUT2D eigenvalue weighted by Crippen LogP contribution is 2.25. The lowest BCUT2D eigenvalue weighted by Gasteiger charge is -2.26. The molecule has 5 heteroatoms. The largest absolute Gasteiger partial charge is 0.306 e. The molecule has 1 aromatic rings. The number of carbonyl (C=O) groups is 1. The summed E-state index contributed by atoms with van der Waals surface area (Å²) in [4.78, 5) is 23.4. The summed E-state index contributed by atoms with van der Waals surface area (Å²) < 4.78 is 1.36. The van der Waals surface area contributed by atoms with E-state index in [0.717, 1.165) is 18.6 Å². The van der Waals surface area contributed by atoms with Crippen molar-refractivity contribution < 1.29 is 4.79 Å². The zero-order valence-electron chi connectivity index (χ0n) is 12.0. The van der Waals surface area contributed by atoms with Gasteiger partial charge in [-0.05, 0) is 30.7 Å². The van der Waals surface area contributed by atoms with Crippen molar-refractivity contribution in [3.8, 4) is 0 Å². The van der Waals surface area contributed by atoms with Crippen LogP contribution in [0.3, 0.4) is 0 Å². The van der Waals surface area contributed by atoms with Gasteiger partial charge in [0.25, 0.3) is 11.5 Å². The van der Waals surface area contributed by atoms with Gasteiger partial charge in [0.15, 0.2) is 0 Å². The SMILES string of the molecule is C[C@H]1CCC[C@H](C)C1=NNC(=O)Cn1ccccc1=O. The number of hydrazone groups is 1. The first-order valence-corrected chi connectivity index (χ1v) is 7.09. The maximum absolute atomic E-state index is 11.8. The molecule has 20 heavy (non-hydrogen) atoms. The standard InChI is InChI=1S/C15H21N3O2/c1-11-6-5-7-12(2)15(11)17-16-13(19)10-18-9-4-3-8-14(18)20/h3-4,8-9,11-12H,5-7,10H2,1-2H3,(H,16,19)/t11-,12-/m0/s1. The average Bonchev–Trinajstić information content (AvgIpc) is 2.41. The van der Waals surface area contributed by atoms with Gasteiger partial charge >= 0.3 is 0 Å². The summed E-state index contributed by atoms with van der Waals surface area (Å²) in [5.74, 6) is 0.563. The van der Waals surface area contributed by atoms with Crippen LogP contribution in [0.4, 0.5) is 0 Å². The van der Waals surface area contributed by atoms with E-state index in [-0.39, 0.29) is 18.0 Å². The summed E-state index contributed by atoms with van der Waals surface area (Å²) in [6.45, 7) is 4.28. The van der Waals surface area contributed by atoms with E-state index in [4.69, 9.17) is 0 Å². The van der Waals surface area contributed by atoms with Gasteiger partial charge in [0.2, 0.25) is 0 Å². The minimum Gasteiger partial charge on any atom is -0.306 e. The molecule has 1 aromatic heterocycles. The minimum atomic E-state index is -0.268. The summed E-state index contributed by atoms with van der Waals surface area (Å²) >= 11 is 0. The van der Waals surface area contributed by atoms with Crippen molar-refractivity contribution in [2.45, 2.75) is 39.7 Å². The Kier molecular flexibility index (Phi) is 4.71. The molecule has 0 radical (unpaired) electrons. The van der Waals surface area contributed by atoms with E-state index in [1.807, 2.05) is 0 Å². The molecule has 2 rings (SSSR count). The third-order valence-corrected chi connectivity index (χ3v) is 3.81. The highest BCUT2D eigenvalue weighted by Gasteiger charge is 2.23. The molecule has 0 aromatic carbocycles. The van der Waals surface area contributed by atoms with Crippen LogP contribution in [0, 0.1) is 11.8 Å². The Hall–Kier alpha value is -1.91. The van der Waals surface area contributed by atoms with Crippen molar-refractivity contribution in [1.82, 2.24) is 9.99 Å². The van der Waals surface area contributed by atoms with E-state index in [1.165, 1.54) is 17.1 Å². The van der Waals surface area contributed by atoms with Crippen LogP contribution in [0.25, 0.3) is 0 Å². The third-order valence-electron chi connectivity index (χ3n) is 3.81. The monoisotopic (exact) mass is 275 g/mol. The molecular formula is C15H21N3O2. The molecule has 2 atom stereocenters. The Morgan fingerprint density at radius 3 is 2.70 bits per heavy atom. The van der Waals surface area contributed by atoms with Crippen LogP contribution in [0.5, 0.6) is 0 Å². The summed E-state index contributed by atoms with van der Waals surface area (Å²) in [5, 5.41) is 4.27. The van der Waals surface area contributed by atoms with E-state index in [1.54, 1.807) is 18.3 Å². The van der Waals surface area contributed by atoms with Gasteiger partial charge in [0.05, 0.1) is 0 Å². The van der Waals surface area contributed by atoms with Gasteiger partial charge in [-0.3, -0.25) is 9.59 Å². The molecule has 0 bridgehead atoms. The Balaban J connectivity index is 1.98. The smallest absolute Gasteiger partial charge is 0.260 e. The quantitative estimate of drug-likeness (QED) is 0.855. The van der Waals surface area contributed by atoms with Crippen LogP contribution < -0.4 is 11.0 Å². The van der Waals surface area contributed by atoms with Crippen LogP contribution >= 0.6 is 0 Å². The van der Waals surface area contributed by atoms with Crippen molar-refractivity contribution in [3.05, 3.63) is 34.7 Å². The van der Waals surface area contributed by atoms with E-state index >= 15 is 0 Å². The fourth-order valence-electron chi connectivity index (χ4n) is 2.64. The Labute approximate surface area is 118 Å². The zero-order valence-corrected chi connectivity index (χ0v) is 12.0. The average molecular weight is 275 g/mol. The number of rotatable bonds is 3. The lowest BCUT2D eigenvalue weighted by molar-refractivity contribution is -0.121. The van der Waals surface area contributed by atoms with Gasteiger partial charge in [-0.15, -0.1) is 0 Å². The second-order valence-electron chi connectivity index (χ2n) is 5.47. The van der Waals surface area contributed by atoms with Crippen LogP contribution in [-0.2, 0) is 11.3 Å². The highest BCUT2D eigenvalue weighted by molar-refractivity contribution is 5.90. The molecule has 1 aliphatic carbocycles. The number of aromatic nitrogens is 1. The summed E-state index contributed by atoms with van der Waals surface area (Å²) in [6, 6.07) is 4.82. The second kappa shape index (κ2) is 6.50. The van der Waals surface area contributed by atoms with E-state index < -0.39 is 0 Å². The normalized spacial score (nSPS) is 22.4. The highest BCUT2D eigenvalue weighted by atomic mass is 16.2. The predicted octanol–water partition coefficient (Wildman–Crippen LogP) is 1.78. The first kappa shape index (κ1) is 14.5. The van der Waals surface area contributed by atoms with Gasteiger partial charge in [-0.1, -0.05) is 26.3 Å². The van der Waals surface area contributed by atoms with E-state index in [9.17, 15) is 9.59 Å². The van der Waals surface area contributed by atoms with Crippen molar-refractivity contribution in [1.29, 1.82) is 0 Å². The zero-order chi connectivity index (χ0) is 14.5. The Bertz CT molecular complexity index is 550. The van der Waals surface area contributed by atoms with Gasteiger partial charge in [0, 0.05) is 18.0 Å². The third kappa shape index (κ3) is 3.56. The van der Waals surface area contributed by atoms with Gasteiger partial charge < -0.3 is 4.57 Å². The van der Waals surface area contributed by atoms with Crippen LogP contribution in [0.1, 0.15) is 33.1 Å². The number of nitrogens with zero attached hydrogens (tertiary/aromatic N) is 2.